The molecule has 0 aliphatic carbocycles. The molecule has 1 atom stereocenters. The fourth-order valence-corrected chi connectivity index (χ4v) is 4.03. The van der Waals surface area contributed by atoms with Crippen molar-refractivity contribution in [3.8, 4) is 0 Å². The third-order valence-electron chi connectivity index (χ3n) is 5.57. The molecule has 0 radical (unpaired) electrons. The van der Waals surface area contributed by atoms with E-state index in [0.29, 0.717) is 22.4 Å². The number of anilines is 1. The van der Waals surface area contributed by atoms with Gasteiger partial charge in [0.1, 0.15) is 6.04 Å². The molecule has 0 saturated carbocycles. The molecule has 2 heterocycles. The van der Waals surface area contributed by atoms with Gasteiger partial charge in [0.05, 0.1) is 5.52 Å². The number of hydrogen-bond acceptors (Lipinski definition) is 4. The number of Topliss-reactive ketones (excluding diaryl/α,β-unsaturated/α-hetero) is 1. The predicted octanol–water partition coefficient (Wildman–Crippen LogP) is 5.20. The standard InChI is InChI=1S/C25H21N3O3/c1-2-15-9-6-10-18-19(14-26-22(15)18)24(29)23(16-7-4-3-5-8-16)27-17-11-12-21-20(13-17)28-25(30)31-21/h3-14,23,26-27H,2H2,1H3,(H,28,30)/t23-/m1/s1. The molecule has 0 spiro atoms. The number of carbonyl (C=O) groups excluding carboxylic acids is 1. The molecule has 6 nitrogen and oxygen atoms in total. The number of benzene rings is 3. The Morgan fingerprint density at radius 1 is 1.06 bits per heavy atom. The molecule has 5 rings (SSSR count). The van der Waals surface area contributed by atoms with Crippen LogP contribution in [0.25, 0.3) is 22.0 Å². The Bertz CT molecular complexity index is 1440. The van der Waals surface area contributed by atoms with Crippen molar-refractivity contribution >= 4 is 33.5 Å². The van der Waals surface area contributed by atoms with Gasteiger partial charge >= 0.3 is 5.76 Å². The molecule has 3 aromatic carbocycles. The van der Waals surface area contributed by atoms with E-state index in [9.17, 15) is 9.59 Å². The molecule has 6 heteroatoms. The molecule has 0 unspecified atom stereocenters. The molecular weight excluding hydrogens is 390 g/mol. The van der Waals surface area contributed by atoms with Crippen molar-refractivity contribution in [3.05, 3.63) is 100 Å². The first-order chi connectivity index (χ1) is 15.1. The summed E-state index contributed by atoms with van der Waals surface area (Å²) in [5.41, 5.74) is 5.43. The molecule has 0 aliphatic heterocycles. The Morgan fingerprint density at radius 2 is 1.90 bits per heavy atom. The number of carbonyl (C=O) groups is 1. The van der Waals surface area contributed by atoms with E-state index < -0.39 is 11.8 Å². The Morgan fingerprint density at radius 3 is 2.71 bits per heavy atom. The minimum Gasteiger partial charge on any atom is -0.408 e. The second kappa shape index (κ2) is 7.65. The van der Waals surface area contributed by atoms with Gasteiger partial charge in [0.2, 0.25) is 0 Å². The van der Waals surface area contributed by atoms with Gasteiger partial charge in [-0.25, -0.2) is 4.79 Å². The summed E-state index contributed by atoms with van der Waals surface area (Å²) in [6.07, 6.45) is 2.68. The van der Waals surface area contributed by atoms with Crippen LogP contribution in [-0.2, 0) is 6.42 Å². The van der Waals surface area contributed by atoms with Crippen LogP contribution in [0.5, 0.6) is 0 Å². The summed E-state index contributed by atoms with van der Waals surface area (Å²) in [4.78, 5) is 31.2. The van der Waals surface area contributed by atoms with Crippen LogP contribution >= 0.6 is 0 Å². The number of nitrogens with one attached hydrogen (secondary N) is 3. The van der Waals surface area contributed by atoms with Gasteiger partial charge in [0.15, 0.2) is 11.4 Å². The zero-order valence-electron chi connectivity index (χ0n) is 16.9. The Balaban J connectivity index is 1.58. The topological polar surface area (TPSA) is 90.9 Å². The van der Waals surface area contributed by atoms with Crippen LogP contribution in [0.2, 0.25) is 0 Å². The molecule has 0 bridgehead atoms. The van der Waals surface area contributed by atoms with Gasteiger partial charge in [-0.1, -0.05) is 55.5 Å². The maximum atomic E-state index is 13.7. The molecule has 2 aromatic heterocycles. The van der Waals surface area contributed by atoms with Crippen LogP contribution in [0.3, 0.4) is 0 Å². The molecule has 0 saturated heterocycles. The summed E-state index contributed by atoms with van der Waals surface area (Å²) in [6.45, 7) is 2.10. The minimum absolute atomic E-state index is 0.0357. The van der Waals surface area contributed by atoms with Crippen molar-refractivity contribution < 1.29 is 9.21 Å². The van der Waals surface area contributed by atoms with Gasteiger partial charge in [0, 0.05) is 28.4 Å². The lowest BCUT2D eigenvalue weighted by molar-refractivity contribution is 0.0971. The SMILES string of the molecule is CCc1cccc2c(C(=O)[C@H](Nc3ccc4oc(=O)[nH]c4c3)c3ccccc3)c[nH]c12. The number of H-pyrrole nitrogens is 2. The lowest BCUT2D eigenvalue weighted by Crippen LogP contribution is -2.21. The molecular formula is C25H21N3O3. The molecule has 0 fully saturated rings. The Hall–Kier alpha value is -4.06. The molecule has 154 valence electrons. The summed E-state index contributed by atoms with van der Waals surface area (Å²) in [7, 11) is 0. The highest BCUT2D eigenvalue weighted by atomic mass is 16.4. The number of aromatic nitrogens is 2. The number of para-hydroxylation sites is 1. The summed E-state index contributed by atoms with van der Waals surface area (Å²) in [5.74, 6) is -0.542. The third kappa shape index (κ3) is 3.42. The smallest absolute Gasteiger partial charge is 0.408 e. The number of oxazole rings is 1. The molecule has 31 heavy (non-hydrogen) atoms. The zero-order valence-corrected chi connectivity index (χ0v) is 16.9. The maximum absolute atomic E-state index is 13.7. The molecule has 5 aromatic rings. The zero-order chi connectivity index (χ0) is 21.4. The van der Waals surface area contributed by atoms with Gasteiger partial charge < -0.3 is 14.7 Å². The van der Waals surface area contributed by atoms with Gasteiger partial charge in [-0.05, 0) is 35.7 Å². The van der Waals surface area contributed by atoms with Crippen molar-refractivity contribution in [1.82, 2.24) is 9.97 Å². The maximum Gasteiger partial charge on any atom is 0.417 e. The number of hydrogen-bond donors (Lipinski definition) is 3. The van der Waals surface area contributed by atoms with Crippen molar-refractivity contribution in [2.75, 3.05) is 5.32 Å². The first kappa shape index (κ1) is 18.9. The van der Waals surface area contributed by atoms with Gasteiger partial charge in [-0.2, -0.15) is 0 Å². The van der Waals surface area contributed by atoms with Crippen LogP contribution in [-0.4, -0.2) is 15.8 Å². The highest BCUT2D eigenvalue weighted by molar-refractivity contribution is 6.12. The average Bonchev–Trinajstić information content (AvgIpc) is 3.39. The Labute approximate surface area is 177 Å². The summed E-state index contributed by atoms with van der Waals surface area (Å²) in [6, 6.07) is 20.3. The van der Waals surface area contributed by atoms with Crippen LogP contribution < -0.4 is 11.1 Å². The molecule has 3 N–H and O–H groups in total. The summed E-state index contributed by atoms with van der Waals surface area (Å²) < 4.78 is 5.08. The number of ketones is 1. The second-order valence-corrected chi connectivity index (χ2v) is 7.47. The van der Waals surface area contributed by atoms with E-state index in [1.54, 1.807) is 24.4 Å². The predicted molar refractivity (Wildman–Crippen MR) is 122 cm³/mol. The summed E-state index contributed by atoms with van der Waals surface area (Å²) in [5, 5.41) is 4.27. The van der Waals surface area contributed by atoms with E-state index in [-0.39, 0.29) is 5.78 Å². The van der Waals surface area contributed by atoms with Crippen LogP contribution in [0.1, 0.15) is 34.5 Å². The van der Waals surface area contributed by atoms with Crippen molar-refractivity contribution in [2.45, 2.75) is 19.4 Å². The largest absolute Gasteiger partial charge is 0.417 e. The first-order valence-electron chi connectivity index (χ1n) is 10.2. The summed E-state index contributed by atoms with van der Waals surface area (Å²) >= 11 is 0. The quantitative estimate of drug-likeness (QED) is 0.335. The molecule has 0 amide bonds. The lowest BCUT2D eigenvalue weighted by atomic mass is 9.96. The van der Waals surface area contributed by atoms with E-state index in [0.717, 1.165) is 22.9 Å². The average molecular weight is 411 g/mol. The van der Waals surface area contributed by atoms with Crippen molar-refractivity contribution in [2.24, 2.45) is 0 Å². The fourth-order valence-electron chi connectivity index (χ4n) is 4.03. The normalized spacial score (nSPS) is 12.3. The van der Waals surface area contributed by atoms with E-state index in [1.807, 2.05) is 42.5 Å². The van der Waals surface area contributed by atoms with E-state index >= 15 is 0 Å². The number of aromatic amines is 2. The Kier molecular flexibility index (Phi) is 4.67. The number of aryl methyl sites for hydroxylation is 1. The highest BCUT2D eigenvalue weighted by Crippen LogP contribution is 2.29. The lowest BCUT2D eigenvalue weighted by Gasteiger charge is -2.19. The van der Waals surface area contributed by atoms with Crippen LogP contribution in [0, 0.1) is 0 Å². The van der Waals surface area contributed by atoms with E-state index in [1.165, 1.54) is 5.56 Å². The number of rotatable bonds is 6. The van der Waals surface area contributed by atoms with Crippen LogP contribution in [0.15, 0.2) is 82.1 Å². The molecule has 0 aliphatic rings. The van der Waals surface area contributed by atoms with Crippen molar-refractivity contribution in [1.29, 1.82) is 0 Å². The fraction of sp³-hybridized carbons (Fsp3) is 0.120. The minimum atomic E-state index is -0.596. The first-order valence-corrected chi connectivity index (χ1v) is 10.2. The third-order valence-corrected chi connectivity index (χ3v) is 5.57. The second-order valence-electron chi connectivity index (χ2n) is 7.47. The highest BCUT2D eigenvalue weighted by Gasteiger charge is 2.25. The van der Waals surface area contributed by atoms with E-state index in [2.05, 4.69) is 28.3 Å². The van der Waals surface area contributed by atoms with Gasteiger partial charge in [-0.3, -0.25) is 9.78 Å². The van der Waals surface area contributed by atoms with Crippen molar-refractivity contribution in [3.63, 3.8) is 0 Å². The van der Waals surface area contributed by atoms with E-state index in [4.69, 9.17) is 4.42 Å². The van der Waals surface area contributed by atoms with Crippen LogP contribution in [0.4, 0.5) is 5.69 Å². The monoisotopic (exact) mass is 411 g/mol. The van der Waals surface area contributed by atoms with Gasteiger partial charge in [-0.15, -0.1) is 0 Å². The van der Waals surface area contributed by atoms with Gasteiger partial charge in [0.25, 0.3) is 0 Å². The number of fused-ring (bicyclic) bond motifs is 2.